The first-order valence-electron chi connectivity index (χ1n) is 10.3. The van der Waals surface area contributed by atoms with Crippen LogP contribution in [0.5, 0.6) is 5.75 Å². The second-order valence-electron chi connectivity index (χ2n) is 7.08. The number of rotatable bonds is 9. The molecule has 1 heterocycles. The lowest BCUT2D eigenvalue weighted by Gasteiger charge is -2.18. The highest BCUT2D eigenvalue weighted by Crippen LogP contribution is 2.29. The summed E-state index contributed by atoms with van der Waals surface area (Å²) in [6, 6.07) is 14.1. The molecule has 0 radical (unpaired) electrons. The number of hydrogen-bond donors (Lipinski definition) is 1. The molecule has 32 heavy (non-hydrogen) atoms. The molecule has 0 saturated heterocycles. The van der Waals surface area contributed by atoms with Crippen LogP contribution < -0.4 is 10.1 Å². The van der Waals surface area contributed by atoms with Gasteiger partial charge in [0.15, 0.2) is 0 Å². The Morgan fingerprint density at radius 2 is 1.69 bits per heavy atom. The zero-order valence-corrected chi connectivity index (χ0v) is 20.2. The fraction of sp³-hybridized carbons (Fsp3) is 0.304. The number of nitrogens with zero attached hydrogens (tertiary/aromatic N) is 2. The molecule has 3 aromatic rings. The van der Waals surface area contributed by atoms with E-state index in [4.69, 9.17) is 4.74 Å². The average Bonchev–Trinajstić information content (AvgIpc) is 3.20. The van der Waals surface area contributed by atoms with E-state index in [0.29, 0.717) is 30.2 Å². The second-order valence-corrected chi connectivity index (χ2v) is 10.0. The largest absolute Gasteiger partial charge is 0.497 e. The number of aromatic nitrogens is 1. The zero-order valence-electron chi connectivity index (χ0n) is 18.6. The van der Waals surface area contributed by atoms with Crippen LogP contribution in [-0.4, -0.2) is 43.8 Å². The van der Waals surface area contributed by atoms with Crippen LogP contribution in [0.2, 0.25) is 0 Å². The van der Waals surface area contributed by atoms with Crippen LogP contribution in [0.1, 0.15) is 34.8 Å². The number of hydrogen-bond acceptors (Lipinski definition) is 6. The van der Waals surface area contributed by atoms with E-state index < -0.39 is 10.0 Å². The molecule has 0 atom stereocenters. The van der Waals surface area contributed by atoms with Crippen LogP contribution in [0.4, 0.5) is 0 Å². The summed E-state index contributed by atoms with van der Waals surface area (Å²) in [6.45, 7) is 6.57. The molecule has 0 fully saturated rings. The summed E-state index contributed by atoms with van der Waals surface area (Å²) in [6.07, 6.45) is 0. The fourth-order valence-corrected chi connectivity index (χ4v) is 5.66. The van der Waals surface area contributed by atoms with Gasteiger partial charge in [-0.1, -0.05) is 26.0 Å². The van der Waals surface area contributed by atoms with E-state index in [1.54, 1.807) is 31.4 Å². The molecule has 1 amide bonds. The minimum Gasteiger partial charge on any atom is -0.497 e. The maximum atomic E-state index is 12.7. The zero-order chi connectivity index (χ0) is 23.3. The van der Waals surface area contributed by atoms with Crippen molar-refractivity contribution >= 4 is 27.3 Å². The van der Waals surface area contributed by atoms with Crippen LogP contribution in [-0.2, 0) is 16.6 Å². The highest BCUT2D eigenvalue weighted by Gasteiger charge is 2.21. The van der Waals surface area contributed by atoms with E-state index in [0.717, 1.165) is 21.9 Å². The predicted octanol–water partition coefficient (Wildman–Crippen LogP) is 4.09. The van der Waals surface area contributed by atoms with Crippen molar-refractivity contribution in [3.63, 3.8) is 0 Å². The van der Waals surface area contributed by atoms with Crippen LogP contribution in [0.3, 0.4) is 0 Å². The van der Waals surface area contributed by atoms with Crippen molar-refractivity contribution in [2.75, 3.05) is 20.2 Å². The van der Waals surface area contributed by atoms with Gasteiger partial charge in [-0.2, -0.15) is 4.31 Å². The molecule has 7 nitrogen and oxygen atoms in total. The summed E-state index contributed by atoms with van der Waals surface area (Å²) in [4.78, 5) is 18.0. The summed E-state index contributed by atoms with van der Waals surface area (Å²) >= 11 is 1.33. The fourth-order valence-electron chi connectivity index (χ4n) is 3.22. The number of ether oxygens (including phenoxy) is 1. The first-order valence-corrected chi connectivity index (χ1v) is 12.5. The van der Waals surface area contributed by atoms with Gasteiger partial charge in [0.2, 0.25) is 10.0 Å². The predicted molar refractivity (Wildman–Crippen MR) is 127 cm³/mol. The van der Waals surface area contributed by atoms with Crippen LogP contribution >= 0.6 is 11.3 Å². The first kappa shape index (κ1) is 23.9. The highest BCUT2D eigenvalue weighted by atomic mass is 32.2. The third-order valence-electron chi connectivity index (χ3n) is 5.06. The molecule has 1 N–H and O–H groups in total. The molecule has 0 aliphatic rings. The summed E-state index contributed by atoms with van der Waals surface area (Å²) < 4.78 is 31.8. The number of carbonyl (C=O) groups is 1. The van der Waals surface area contributed by atoms with Gasteiger partial charge in [0.1, 0.15) is 15.6 Å². The molecular weight excluding hydrogens is 446 g/mol. The summed E-state index contributed by atoms with van der Waals surface area (Å²) in [5.74, 6) is 0.551. The van der Waals surface area contributed by atoms with Gasteiger partial charge in [0.25, 0.3) is 5.91 Å². The molecule has 0 saturated carbocycles. The van der Waals surface area contributed by atoms with Gasteiger partial charge >= 0.3 is 0 Å². The molecular formula is C23H27N3O4S2. The average molecular weight is 474 g/mol. The SMILES string of the molecule is CCN(CC)S(=O)(=O)c1ccc(CNC(=O)c2sc(-c3ccc(OC)cc3)nc2C)cc1. The summed E-state index contributed by atoms with van der Waals surface area (Å²) in [5, 5.41) is 3.66. The Labute approximate surface area is 193 Å². The van der Waals surface area contributed by atoms with Gasteiger partial charge in [0, 0.05) is 25.2 Å². The lowest BCUT2D eigenvalue weighted by molar-refractivity contribution is 0.0954. The molecule has 0 bridgehead atoms. The Bertz CT molecular complexity index is 1170. The van der Waals surface area contributed by atoms with Crippen LogP contribution in [0.15, 0.2) is 53.4 Å². The van der Waals surface area contributed by atoms with Crippen molar-refractivity contribution in [1.82, 2.24) is 14.6 Å². The van der Waals surface area contributed by atoms with Crippen molar-refractivity contribution in [3.8, 4) is 16.3 Å². The Morgan fingerprint density at radius 1 is 1.06 bits per heavy atom. The topological polar surface area (TPSA) is 88.6 Å². The first-order chi connectivity index (χ1) is 15.3. The Hall–Kier alpha value is -2.75. The number of carbonyl (C=O) groups excluding carboxylic acids is 1. The van der Waals surface area contributed by atoms with Crippen molar-refractivity contribution in [3.05, 3.63) is 64.7 Å². The van der Waals surface area contributed by atoms with Gasteiger partial charge in [-0.3, -0.25) is 4.79 Å². The number of thiazole rings is 1. The molecule has 0 spiro atoms. The maximum Gasteiger partial charge on any atom is 0.263 e. The summed E-state index contributed by atoms with van der Waals surface area (Å²) in [7, 11) is -1.88. The van der Waals surface area contributed by atoms with E-state index in [2.05, 4.69) is 10.3 Å². The number of nitrogens with one attached hydrogen (secondary N) is 1. The van der Waals surface area contributed by atoms with Gasteiger partial charge in [-0.15, -0.1) is 11.3 Å². The van der Waals surface area contributed by atoms with Crippen LogP contribution in [0, 0.1) is 6.92 Å². The molecule has 0 aliphatic heterocycles. The third-order valence-corrected chi connectivity index (χ3v) is 8.33. The minimum absolute atomic E-state index is 0.209. The number of benzene rings is 2. The minimum atomic E-state index is -3.49. The van der Waals surface area contributed by atoms with Crippen molar-refractivity contribution in [1.29, 1.82) is 0 Å². The second kappa shape index (κ2) is 10.2. The van der Waals surface area contributed by atoms with Gasteiger partial charge < -0.3 is 10.1 Å². The third kappa shape index (κ3) is 5.17. The standard InChI is InChI=1S/C23H27N3O4S2/c1-5-26(6-2)32(28,29)20-13-7-17(8-14-20)15-24-22(27)21-16(3)25-23(31-21)18-9-11-19(30-4)12-10-18/h7-14H,5-6,15H2,1-4H3,(H,24,27). The van der Waals surface area contributed by atoms with E-state index in [1.807, 2.05) is 45.0 Å². The van der Waals surface area contributed by atoms with E-state index >= 15 is 0 Å². The smallest absolute Gasteiger partial charge is 0.263 e. The molecule has 9 heteroatoms. The molecule has 2 aromatic carbocycles. The monoisotopic (exact) mass is 473 g/mol. The van der Waals surface area contributed by atoms with Gasteiger partial charge in [-0.05, 0) is 48.9 Å². The van der Waals surface area contributed by atoms with E-state index in [9.17, 15) is 13.2 Å². The molecule has 3 rings (SSSR count). The lowest BCUT2D eigenvalue weighted by Crippen LogP contribution is -2.30. The molecule has 170 valence electrons. The maximum absolute atomic E-state index is 12.7. The van der Waals surface area contributed by atoms with Crippen molar-refractivity contribution in [2.45, 2.75) is 32.2 Å². The number of amides is 1. The summed E-state index contributed by atoms with van der Waals surface area (Å²) in [5.41, 5.74) is 2.40. The Kier molecular flexibility index (Phi) is 7.65. The van der Waals surface area contributed by atoms with Gasteiger partial charge in [-0.25, -0.2) is 13.4 Å². The highest BCUT2D eigenvalue weighted by molar-refractivity contribution is 7.89. The molecule has 0 aliphatic carbocycles. The van der Waals surface area contributed by atoms with E-state index in [1.165, 1.54) is 15.6 Å². The van der Waals surface area contributed by atoms with E-state index in [-0.39, 0.29) is 10.8 Å². The number of sulfonamides is 1. The van der Waals surface area contributed by atoms with Crippen molar-refractivity contribution in [2.24, 2.45) is 0 Å². The molecule has 0 unspecified atom stereocenters. The Balaban J connectivity index is 1.67. The number of aryl methyl sites for hydroxylation is 1. The normalized spacial score (nSPS) is 11.5. The van der Waals surface area contributed by atoms with Gasteiger partial charge in [0.05, 0.1) is 17.7 Å². The quantitative estimate of drug-likeness (QED) is 0.506. The lowest BCUT2D eigenvalue weighted by atomic mass is 10.2. The number of methoxy groups -OCH3 is 1. The Morgan fingerprint density at radius 3 is 2.25 bits per heavy atom. The van der Waals surface area contributed by atoms with Crippen molar-refractivity contribution < 1.29 is 17.9 Å². The van der Waals surface area contributed by atoms with Crippen LogP contribution in [0.25, 0.3) is 10.6 Å². The molecule has 1 aromatic heterocycles.